The lowest BCUT2D eigenvalue weighted by molar-refractivity contribution is -0.248. The number of carbonyl (C=O) groups excluding carboxylic acids is 1. The molecule has 0 N–H and O–H groups in total. The van der Waals surface area contributed by atoms with E-state index in [9.17, 15) is 18.0 Å². The fraction of sp³-hybridized carbons (Fsp3) is 0.250. The molecule has 0 aliphatic rings. The number of halogens is 3. The molecule has 0 unspecified atom stereocenters. The fourth-order valence-corrected chi connectivity index (χ4v) is 3.69. The number of esters is 1. The summed E-state index contributed by atoms with van der Waals surface area (Å²) in [6.45, 7) is 8.34. The summed E-state index contributed by atoms with van der Waals surface area (Å²) in [4.78, 5) is 20.4. The Morgan fingerprint density at radius 1 is 0.689 bits per heavy atom. The number of unbranched alkanes of at least 4 members (excludes halogenated alkanes) is 2. The van der Waals surface area contributed by atoms with Gasteiger partial charge in [0, 0.05) is 28.3 Å². The van der Waals surface area contributed by atoms with Gasteiger partial charge in [-0.25, -0.2) is 4.79 Å². The van der Waals surface area contributed by atoms with Crippen LogP contribution in [-0.2, 0) is 25.5 Å². The molecule has 0 amide bonds. The highest BCUT2D eigenvalue weighted by atomic mass is 19.4. The van der Waals surface area contributed by atoms with Crippen LogP contribution < -0.4 is 9.47 Å². The van der Waals surface area contributed by atoms with Gasteiger partial charge >= 0.3 is 12.1 Å². The summed E-state index contributed by atoms with van der Waals surface area (Å²) < 4.78 is 57.9. The predicted molar refractivity (Wildman–Crippen MR) is 164 cm³/mol. The van der Waals surface area contributed by atoms with E-state index in [2.05, 4.69) is 41.7 Å². The molecule has 3 aromatic carbocycles. The molecule has 3 aromatic rings. The maximum atomic E-state index is 13.9. The summed E-state index contributed by atoms with van der Waals surface area (Å²) in [6.07, 6.45) is 0.563. The average molecular weight is 619 g/mol. The minimum atomic E-state index is -4.60. The average Bonchev–Trinajstić information content (AvgIpc) is 3.04. The smallest absolute Gasteiger partial charge is 0.417 e. The molecule has 0 spiro atoms. The van der Waals surface area contributed by atoms with Crippen molar-refractivity contribution in [1.82, 2.24) is 0 Å². The lowest BCUT2D eigenvalue weighted by Gasteiger charge is -2.09. The fourth-order valence-electron chi connectivity index (χ4n) is 3.69. The molecule has 9 heteroatoms. The van der Waals surface area contributed by atoms with E-state index in [-0.39, 0.29) is 11.1 Å². The first-order valence-electron chi connectivity index (χ1n) is 14.2. The second-order valence-corrected chi connectivity index (χ2v) is 9.37. The van der Waals surface area contributed by atoms with Crippen molar-refractivity contribution in [3.05, 3.63) is 120 Å². The van der Waals surface area contributed by atoms with Gasteiger partial charge in [0.1, 0.15) is 17.8 Å². The second kappa shape index (κ2) is 18.5. The van der Waals surface area contributed by atoms with Crippen LogP contribution in [-0.4, -0.2) is 32.4 Å². The van der Waals surface area contributed by atoms with Crippen molar-refractivity contribution in [2.24, 2.45) is 0 Å². The molecular weight excluding hydrogens is 585 g/mol. The molecule has 234 valence electrons. The van der Waals surface area contributed by atoms with E-state index in [0.29, 0.717) is 61.9 Å². The molecule has 0 saturated heterocycles. The summed E-state index contributed by atoms with van der Waals surface area (Å²) in [5.74, 6) is 11.9. The number of benzene rings is 3. The van der Waals surface area contributed by atoms with Crippen molar-refractivity contribution in [3.63, 3.8) is 0 Å². The van der Waals surface area contributed by atoms with Crippen LogP contribution in [0.1, 0.15) is 53.5 Å². The van der Waals surface area contributed by atoms with Crippen LogP contribution in [0.15, 0.2) is 92.2 Å². The van der Waals surface area contributed by atoms with Gasteiger partial charge in [-0.3, -0.25) is 0 Å². The summed E-state index contributed by atoms with van der Waals surface area (Å²) in [5.41, 5.74) is 0.390. The summed E-state index contributed by atoms with van der Waals surface area (Å²) in [6, 6.07) is 17.6. The minimum absolute atomic E-state index is 0.142. The van der Waals surface area contributed by atoms with E-state index < -0.39 is 17.7 Å². The molecular formula is C36H33F3O6. The van der Waals surface area contributed by atoms with Crippen molar-refractivity contribution in [2.45, 2.75) is 31.9 Å². The molecule has 0 aliphatic carbocycles. The Kier molecular flexibility index (Phi) is 14.1. The molecule has 0 atom stereocenters. The number of rotatable bonds is 15. The van der Waals surface area contributed by atoms with Gasteiger partial charge in [-0.1, -0.05) is 36.8 Å². The molecule has 45 heavy (non-hydrogen) atoms. The normalized spacial score (nSPS) is 10.4. The Labute approximate surface area is 261 Å². The van der Waals surface area contributed by atoms with Crippen molar-refractivity contribution in [3.8, 4) is 35.2 Å². The monoisotopic (exact) mass is 618 g/mol. The molecule has 6 nitrogen and oxygen atoms in total. The van der Waals surface area contributed by atoms with Crippen LogP contribution in [0.5, 0.6) is 11.5 Å². The van der Waals surface area contributed by atoms with Gasteiger partial charge in [-0.2, -0.15) is 18.1 Å². The Morgan fingerprint density at radius 3 is 1.76 bits per heavy atom. The summed E-state index contributed by atoms with van der Waals surface area (Å²) in [7, 11) is 0. The van der Waals surface area contributed by atoms with Crippen LogP contribution in [0, 0.1) is 23.7 Å². The zero-order valence-electron chi connectivity index (χ0n) is 24.7. The van der Waals surface area contributed by atoms with Gasteiger partial charge in [0.15, 0.2) is 0 Å². The maximum Gasteiger partial charge on any atom is 0.417 e. The third-order valence-electron chi connectivity index (χ3n) is 5.97. The highest BCUT2D eigenvalue weighted by Crippen LogP contribution is 2.32. The molecule has 0 bridgehead atoms. The van der Waals surface area contributed by atoms with E-state index >= 15 is 0 Å². The van der Waals surface area contributed by atoms with Crippen molar-refractivity contribution in [2.75, 3.05) is 26.4 Å². The topological polar surface area (TPSA) is 63.2 Å². The van der Waals surface area contributed by atoms with Gasteiger partial charge < -0.3 is 19.1 Å². The lowest BCUT2D eigenvalue weighted by atomic mass is 10.0. The quantitative estimate of drug-likeness (QED) is 0.0332. The van der Waals surface area contributed by atoms with Crippen molar-refractivity contribution < 1.29 is 42.0 Å². The zero-order chi connectivity index (χ0) is 32.3. The van der Waals surface area contributed by atoms with E-state index in [0.717, 1.165) is 25.0 Å². The molecule has 0 heterocycles. The first-order chi connectivity index (χ1) is 21.8. The zero-order valence-corrected chi connectivity index (χ0v) is 24.7. The highest BCUT2D eigenvalue weighted by Gasteiger charge is 2.33. The van der Waals surface area contributed by atoms with Crippen LogP contribution >= 0.6 is 0 Å². The molecule has 0 radical (unpaired) electrons. The third kappa shape index (κ3) is 13.0. The maximum absolute atomic E-state index is 13.9. The summed E-state index contributed by atoms with van der Waals surface area (Å²) >= 11 is 0. The van der Waals surface area contributed by atoms with Gasteiger partial charge in [0.05, 0.1) is 32.0 Å². The molecule has 0 aliphatic heterocycles. The Morgan fingerprint density at radius 2 is 1.20 bits per heavy atom. The molecule has 3 rings (SSSR count). The van der Waals surface area contributed by atoms with E-state index in [1.54, 1.807) is 48.5 Å². The number of carbonyl (C=O) groups is 1. The standard InChI is InChI=1S/C36H33F3O6/c1-3-35(40)43-25-6-5-23-41-32-19-13-28(14-20-32)9-10-30-12-18-31(34(27-30)36(37,38)39)17-11-29-15-21-33(22-16-29)42-24-7-8-26-45-44-4-2/h3-4,12-16,18-22,27H,1-2,5-8,23-26H2. The van der Waals surface area contributed by atoms with E-state index in [1.165, 1.54) is 18.4 Å². The number of ether oxygens (including phenoxy) is 3. The molecule has 0 fully saturated rings. The van der Waals surface area contributed by atoms with Crippen LogP contribution in [0.2, 0.25) is 0 Å². The SMILES string of the molecule is C=COOCCCCOc1ccc(C#Cc2ccc(C#Cc3ccc(OCCCCOC(=O)C=C)cc3)cc2C(F)(F)F)cc1. The largest absolute Gasteiger partial charge is 0.494 e. The van der Waals surface area contributed by atoms with Crippen LogP contribution in [0.25, 0.3) is 0 Å². The highest BCUT2D eigenvalue weighted by molar-refractivity contribution is 5.81. The van der Waals surface area contributed by atoms with E-state index in [4.69, 9.17) is 19.1 Å². The minimum Gasteiger partial charge on any atom is -0.494 e. The Hall–Kier alpha value is -5.12. The van der Waals surface area contributed by atoms with Gasteiger partial charge in [0.2, 0.25) is 0 Å². The molecule has 0 saturated carbocycles. The Bertz CT molecular complexity index is 1520. The molecule has 0 aromatic heterocycles. The summed E-state index contributed by atoms with van der Waals surface area (Å²) in [5, 5.41) is 0. The van der Waals surface area contributed by atoms with Crippen LogP contribution in [0.3, 0.4) is 0 Å². The first-order valence-corrected chi connectivity index (χ1v) is 14.2. The second-order valence-electron chi connectivity index (χ2n) is 9.37. The van der Waals surface area contributed by atoms with Gasteiger partial charge in [-0.15, -0.1) is 0 Å². The van der Waals surface area contributed by atoms with Gasteiger partial charge in [-0.05, 0) is 92.4 Å². The first kappa shape index (κ1) is 34.4. The van der Waals surface area contributed by atoms with Crippen LogP contribution in [0.4, 0.5) is 13.2 Å². The third-order valence-corrected chi connectivity index (χ3v) is 5.97. The number of hydrogen-bond acceptors (Lipinski definition) is 6. The number of alkyl halides is 3. The van der Waals surface area contributed by atoms with Crippen molar-refractivity contribution >= 4 is 5.97 Å². The van der Waals surface area contributed by atoms with E-state index in [1.807, 2.05) is 0 Å². The Balaban J connectivity index is 1.56. The van der Waals surface area contributed by atoms with Crippen molar-refractivity contribution in [1.29, 1.82) is 0 Å². The predicted octanol–water partition coefficient (Wildman–Crippen LogP) is 7.64. The lowest BCUT2D eigenvalue weighted by Crippen LogP contribution is -2.08. The van der Waals surface area contributed by atoms with Gasteiger partial charge in [0.25, 0.3) is 0 Å². The number of hydrogen-bond donors (Lipinski definition) is 0.